The smallest absolute Gasteiger partial charge is 0.122 e. The van der Waals surface area contributed by atoms with E-state index in [1.165, 1.54) is 24.0 Å². The van der Waals surface area contributed by atoms with Crippen LogP contribution >= 0.6 is 0 Å². The molecular weight excluding hydrogens is 222 g/mol. The third-order valence-corrected chi connectivity index (χ3v) is 3.50. The SMILES string of the molecule is COc1ccc(CCNC2CC2)cc1C(C)(C)C. The van der Waals surface area contributed by atoms with Crippen LogP contribution in [0.25, 0.3) is 0 Å². The lowest BCUT2D eigenvalue weighted by atomic mass is 9.85. The summed E-state index contributed by atoms with van der Waals surface area (Å²) in [7, 11) is 1.75. The lowest BCUT2D eigenvalue weighted by Gasteiger charge is -2.23. The molecule has 0 amide bonds. The molecule has 0 unspecified atom stereocenters. The van der Waals surface area contributed by atoms with Crippen molar-refractivity contribution in [1.29, 1.82) is 0 Å². The third-order valence-electron chi connectivity index (χ3n) is 3.50. The first kappa shape index (κ1) is 13.4. The summed E-state index contributed by atoms with van der Waals surface area (Å²) < 4.78 is 5.46. The van der Waals surface area contributed by atoms with Gasteiger partial charge >= 0.3 is 0 Å². The average Bonchev–Trinajstić information content (AvgIpc) is 3.12. The molecule has 1 N–H and O–H groups in total. The van der Waals surface area contributed by atoms with Gasteiger partial charge < -0.3 is 10.1 Å². The van der Waals surface area contributed by atoms with E-state index >= 15 is 0 Å². The largest absolute Gasteiger partial charge is 0.496 e. The molecule has 18 heavy (non-hydrogen) atoms. The second kappa shape index (κ2) is 5.31. The number of nitrogens with one attached hydrogen (secondary N) is 1. The van der Waals surface area contributed by atoms with Gasteiger partial charge in [-0.05, 0) is 48.4 Å². The summed E-state index contributed by atoms with van der Waals surface area (Å²) >= 11 is 0. The molecule has 0 spiro atoms. The van der Waals surface area contributed by atoms with Crippen molar-refractivity contribution in [2.24, 2.45) is 0 Å². The molecule has 1 aliphatic rings. The topological polar surface area (TPSA) is 21.3 Å². The van der Waals surface area contributed by atoms with Gasteiger partial charge in [-0.15, -0.1) is 0 Å². The van der Waals surface area contributed by atoms with E-state index in [0.717, 1.165) is 24.8 Å². The van der Waals surface area contributed by atoms with Gasteiger partial charge in [-0.25, -0.2) is 0 Å². The van der Waals surface area contributed by atoms with Crippen molar-refractivity contribution in [2.45, 2.75) is 51.5 Å². The highest BCUT2D eigenvalue weighted by Crippen LogP contribution is 2.32. The number of methoxy groups -OCH3 is 1. The minimum absolute atomic E-state index is 0.130. The highest BCUT2D eigenvalue weighted by molar-refractivity contribution is 5.41. The average molecular weight is 247 g/mol. The minimum atomic E-state index is 0.130. The van der Waals surface area contributed by atoms with Crippen molar-refractivity contribution >= 4 is 0 Å². The minimum Gasteiger partial charge on any atom is -0.496 e. The maximum Gasteiger partial charge on any atom is 0.122 e. The number of hydrogen-bond acceptors (Lipinski definition) is 2. The summed E-state index contributed by atoms with van der Waals surface area (Å²) in [5.74, 6) is 1.00. The molecule has 0 saturated heterocycles. The highest BCUT2D eigenvalue weighted by atomic mass is 16.5. The molecule has 0 heterocycles. The Morgan fingerprint density at radius 3 is 2.56 bits per heavy atom. The van der Waals surface area contributed by atoms with E-state index in [1.807, 2.05) is 0 Å². The Morgan fingerprint density at radius 1 is 1.28 bits per heavy atom. The Kier molecular flexibility index (Phi) is 3.96. The lowest BCUT2D eigenvalue weighted by molar-refractivity contribution is 0.397. The number of hydrogen-bond donors (Lipinski definition) is 1. The van der Waals surface area contributed by atoms with Crippen LogP contribution in [0.2, 0.25) is 0 Å². The van der Waals surface area contributed by atoms with Crippen molar-refractivity contribution < 1.29 is 4.74 Å². The number of benzene rings is 1. The molecule has 2 heteroatoms. The van der Waals surface area contributed by atoms with Crippen LogP contribution < -0.4 is 10.1 Å². The van der Waals surface area contributed by atoms with Gasteiger partial charge in [-0.1, -0.05) is 32.9 Å². The van der Waals surface area contributed by atoms with Crippen molar-refractivity contribution in [3.8, 4) is 5.75 Å². The van der Waals surface area contributed by atoms with Crippen LogP contribution in [-0.2, 0) is 11.8 Å². The molecule has 0 aliphatic heterocycles. The molecule has 1 aliphatic carbocycles. The van der Waals surface area contributed by atoms with Crippen LogP contribution in [0.5, 0.6) is 5.75 Å². The highest BCUT2D eigenvalue weighted by Gasteiger charge is 2.21. The molecule has 1 aromatic carbocycles. The van der Waals surface area contributed by atoms with E-state index in [0.29, 0.717) is 0 Å². The summed E-state index contributed by atoms with van der Waals surface area (Å²) in [6.07, 6.45) is 3.81. The Hall–Kier alpha value is -1.02. The van der Waals surface area contributed by atoms with Crippen molar-refractivity contribution in [3.05, 3.63) is 29.3 Å². The fourth-order valence-electron chi connectivity index (χ4n) is 2.20. The van der Waals surface area contributed by atoms with Gasteiger partial charge in [0, 0.05) is 6.04 Å². The van der Waals surface area contributed by atoms with Gasteiger partial charge in [0.05, 0.1) is 7.11 Å². The predicted octanol–water partition coefficient (Wildman–Crippen LogP) is 3.29. The van der Waals surface area contributed by atoms with Crippen LogP contribution in [0.3, 0.4) is 0 Å². The zero-order valence-electron chi connectivity index (χ0n) is 12.0. The molecule has 2 rings (SSSR count). The van der Waals surface area contributed by atoms with Gasteiger partial charge in [0.2, 0.25) is 0 Å². The first-order valence-corrected chi connectivity index (χ1v) is 6.91. The van der Waals surface area contributed by atoms with Gasteiger partial charge in [-0.2, -0.15) is 0 Å². The second-order valence-electron chi connectivity index (χ2n) is 6.26. The molecule has 1 fully saturated rings. The van der Waals surface area contributed by atoms with Crippen LogP contribution in [0.1, 0.15) is 44.7 Å². The molecule has 1 aromatic rings. The van der Waals surface area contributed by atoms with E-state index in [-0.39, 0.29) is 5.41 Å². The number of ether oxygens (including phenoxy) is 1. The summed E-state index contributed by atoms with van der Waals surface area (Å²) in [6.45, 7) is 7.78. The molecule has 0 bridgehead atoms. The Morgan fingerprint density at radius 2 is 2.00 bits per heavy atom. The Labute approximate surface area is 111 Å². The van der Waals surface area contributed by atoms with E-state index in [4.69, 9.17) is 4.74 Å². The molecule has 0 aromatic heterocycles. The summed E-state index contributed by atoms with van der Waals surface area (Å²) in [5, 5.41) is 3.56. The molecular formula is C16H25NO. The van der Waals surface area contributed by atoms with E-state index in [2.05, 4.69) is 44.3 Å². The third kappa shape index (κ3) is 3.49. The van der Waals surface area contributed by atoms with Gasteiger partial charge in [0.25, 0.3) is 0 Å². The zero-order chi connectivity index (χ0) is 13.2. The van der Waals surface area contributed by atoms with E-state index in [1.54, 1.807) is 7.11 Å². The molecule has 1 saturated carbocycles. The maximum absolute atomic E-state index is 5.46. The Bertz CT molecular complexity index is 402. The summed E-state index contributed by atoms with van der Waals surface area (Å²) in [4.78, 5) is 0. The van der Waals surface area contributed by atoms with Crippen molar-refractivity contribution in [1.82, 2.24) is 5.32 Å². The van der Waals surface area contributed by atoms with Crippen LogP contribution in [0, 0.1) is 0 Å². The lowest BCUT2D eigenvalue weighted by Crippen LogP contribution is -2.19. The molecule has 0 atom stereocenters. The monoisotopic (exact) mass is 247 g/mol. The molecule has 0 radical (unpaired) electrons. The summed E-state index contributed by atoms with van der Waals surface area (Å²) in [6, 6.07) is 7.38. The fourth-order valence-corrected chi connectivity index (χ4v) is 2.20. The van der Waals surface area contributed by atoms with Crippen molar-refractivity contribution in [2.75, 3.05) is 13.7 Å². The van der Waals surface area contributed by atoms with Crippen LogP contribution in [0.15, 0.2) is 18.2 Å². The standard InChI is InChI=1S/C16H25NO/c1-16(2,3)14-11-12(5-8-15(14)18-4)9-10-17-13-6-7-13/h5,8,11,13,17H,6-7,9-10H2,1-4H3. The Balaban J connectivity index is 2.06. The molecule has 100 valence electrons. The van der Waals surface area contributed by atoms with Gasteiger partial charge in [-0.3, -0.25) is 0 Å². The fraction of sp³-hybridized carbons (Fsp3) is 0.625. The summed E-state index contributed by atoms with van der Waals surface area (Å²) in [5.41, 5.74) is 2.83. The second-order valence-corrected chi connectivity index (χ2v) is 6.26. The zero-order valence-corrected chi connectivity index (χ0v) is 12.0. The molecule has 2 nitrogen and oxygen atoms in total. The van der Waals surface area contributed by atoms with E-state index < -0.39 is 0 Å². The first-order valence-electron chi connectivity index (χ1n) is 6.91. The number of rotatable bonds is 5. The van der Waals surface area contributed by atoms with Crippen molar-refractivity contribution in [3.63, 3.8) is 0 Å². The normalized spacial score (nSPS) is 15.8. The predicted molar refractivity (Wildman–Crippen MR) is 76.4 cm³/mol. The van der Waals surface area contributed by atoms with Crippen LogP contribution in [0.4, 0.5) is 0 Å². The van der Waals surface area contributed by atoms with Gasteiger partial charge in [0.15, 0.2) is 0 Å². The maximum atomic E-state index is 5.46. The van der Waals surface area contributed by atoms with E-state index in [9.17, 15) is 0 Å². The van der Waals surface area contributed by atoms with Gasteiger partial charge in [0.1, 0.15) is 5.75 Å². The quantitative estimate of drug-likeness (QED) is 0.862. The van der Waals surface area contributed by atoms with Crippen LogP contribution in [-0.4, -0.2) is 19.7 Å². The first-order chi connectivity index (χ1) is 8.50.